The summed E-state index contributed by atoms with van der Waals surface area (Å²) in [5.74, 6) is -0.998. The lowest BCUT2D eigenvalue weighted by atomic mass is 10.2. The van der Waals surface area contributed by atoms with E-state index in [0.717, 1.165) is 12.8 Å². The van der Waals surface area contributed by atoms with Crippen molar-refractivity contribution in [1.82, 2.24) is 4.98 Å². The van der Waals surface area contributed by atoms with Crippen molar-refractivity contribution in [2.75, 3.05) is 11.9 Å². The Labute approximate surface area is 110 Å². The molecule has 0 aromatic carbocycles. The van der Waals surface area contributed by atoms with E-state index in [0.29, 0.717) is 13.0 Å². The maximum absolute atomic E-state index is 11.1. The van der Waals surface area contributed by atoms with E-state index in [1.165, 1.54) is 12.1 Å². The van der Waals surface area contributed by atoms with Crippen LogP contribution in [0.2, 0.25) is 0 Å². The fourth-order valence-corrected chi connectivity index (χ4v) is 1.22. The summed E-state index contributed by atoms with van der Waals surface area (Å²) in [6.45, 7) is 2.33. The fraction of sp³-hybridized carbons (Fsp3) is 0.333. The van der Waals surface area contributed by atoms with Crippen LogP contribution in [0.4, 0.5) is 5.82 Å². The van der Waals surface area contributed by atoms with Crippen molar-refractivity contribution in [3.05, 3.63) is 23.9 Å². The SMILES string of the molecule is CCCCO/N=C(/C(=O)O)c1cccc(NC=O)n1. The van der Waals surface area contributed by atoms with Gasteiger partial charge in [0.25, 0.3) is 0 Å². The first kappa shape index (κ1) is 14.6. The smallest absolute Gasteiger partial charge is 0.360 e. The van der Waals surface area contributed by atoms with Gasteiger partial charge in [-0.3, -0.25) is 4.79 Å². The number of rotatable bonds is 8. The molecule has 0 aliphatic rings. The standard InChI is InChI=1S/C12H15N3O4/c1-2-3-7-19-15-11(12(17)18)9-5-4-6-10(14-9)13-8-16/h4-6,8H,2-3,7H2,1H3,(H,17,18)(H,13,14,16)/b15-11+. The van der Waals surface area contributed by atoms with Crippen LogP contribution in [0.1, 0.15) is 25.5 Å². The molecule has 19 heavy (non-hydrogen) atoms. The summed E-state index contributed by atoms with van der Waals surface area (Å²) in [6, 6.07) is 4.58. The van der Waals surface area contributed by atoms with Crippen LogP contribution in [0, 0.1) is 0 Å². The number of hydrogen-bond donors (Lipinski definition) is 2. The van der Waals surface area contributed by atoms with Gasteiger partial charge in [-0.1, -0.05) is 24.6 Å². The summed E-state index contributed by atoms with van der Waals surface area (Å²) < 4.78 is 0. The maximum Gasteiger partial charge on any atom is 0.360 e. The van der Waals surface area contributed by atoms with Crippen LogP contribution >= 0.6 is 0 Å². The predicted octanol–water partition coefficient (Wildman–Crippen LogP) is 1.26. The number of carbonyl (C=O) groups is 2. The number of anilines is 1. The third kappa shape index (κ3) is 4.74. The third-order valence-electron chi connectivity index (χ3n) is 2.15. The second-order valence-corrected chi connectivity index (χ2v) is 3.60. The zero-order valence-corrected chi connectivity index (χ0v) is 10.5. The molecule has 102 valence electrons. The highest BCUT2D eigenvalue weighted by molar-refractivity contribution is 6.41. The molecule has 0 aliphatic carbocycles. The molecule has 0 fully saturated rings. The van der Waals surface area contributed by atoms with Crippen LogP contribution in [-0.2, 0) is 14.4 Å². The Kier molecular flexibility index (Phi) is 6.00. The molecular weight excluding hydrogens is 250 g/mol. The average molecular weight is 265 g/mol. The van der Waals surface area contributed by atoms with Gasteiger partial charge in [0, 0.05) is 0 Å². The van der Waals surface area contributed by atoms with Crippen molar-refractivity contribution in [3.63, 3.8) is 0 Å². The third-order valence-corrected chi connectivity index (χ3v) is 2.15. The quantitative estimate of drug-likeness (QED) is 0.319. The number of carbonyl (C=O) groups excluding carboxylic acids is 1. The molecule has 0 radical (unpaired) electrons. The van der Waals surface area contributed by atoms with Crippen molar-refractivity contribution >= 4 is 23.9 Å². The Morgan fingerprint density at radius 2 is 2.37 bits per heavy atom. The van der Waals surface area contributed by atoms with E-state index < -0.39 is 5.97 Å². The van der Waals surface area contributed by atoms with Gasteiger partial charge in [0.1, 0.15) is 18.1 Å². The van der Waals surface area contributed by atoms with E-state index in [2.05, 4.69) is 15.5 Å². The van der Waals surface area contributed by atoms with E-state index in [9.17, 15) is 9.59 Å². The number of oxime groups is 1. The molecule has 1 amide bonds. The Bertz CT molecular complexity index is 474. The van der Waals surface area contributed by atoms with Gasteiger partial charge < -0.3 is 15.3 Å². The first-order valence-corrected chi connectivity index (χ1v) is 5.80. The van der Waals surface area contributed by atoms with Crippen LogP contribution in [0.5, 0.6) is 0 Å². The van der Waals surface area contributed by atoms with Gasteiger partial charge in [-0.05, 0) is 18.6 Å². The molecule has 1 heterocycles. The van der Waals surface area contributed by atoms with Crippen molar-refractivity contribution < 1.29 is 19.5 Å². The topological polar surface area (TPSA) is 101 Å². The van der Waals surface area contributed by atoms with E-state index >= 15 is 0 Å². The van der Waals surface area contributed by atoms with Gasteiger partial charge in [-0.25, -0.2) is 9.78 Å². The largest absolute Gasteiger partial charge is 0.476 e. The summed E-state index contributed by atoms with van der Waals surface area (Å²) in [5, 5.41) is 15.0. The molecule has 0 bridgehead atoms. The Balaban J connectivity index is 2.89. The molecule has 0 atom stereocenters. The second kappa shape index (κ2) is 7.80. The number of unbranched alkanes of at least 4 members (excludes halogenated alkanes) is 1. The second-order valence-electron chi connectivity index (χ2n) is 3.60. The minimum absolute atomic E-state index is 0.121. The van der Waals surface area contributed by atoms with Crippen molar-refractivity contribution in [3.8, 4) is 0 Å². The Morgan fingerprint density at radius 3 is 3.00 bits per heavy atom. The highest BCUT2D eigenvalue weighted by Crippen LogP contribution is 2.06. The Hall–Kier alpha value is -2.44. The number of nitrogens with zero attached hydrogens (tertiary/aromatic N) is 2. The summed E-state index contributed by atoms with van der Waals surface area (Å²) in [6.07, 6.45) is 2.17. The summed E-state index contributed by atoms with van der Waals surface area (Å²) >= 11 is 0. The van der Waals surface area contributed by atoms with Crippen molar-refractivity contribution in [1.29, 1.82) is 0 Å². The van der Waals surface area contributed by atoms with E-state index in [4.69, 9.17) is 9.94 Å². The average Bonchev–Trinajstić information content (AvgIpc) is 2.39. The zero-order chi connectivity index (χ0) is 14.1. The van der Waals surface area contributed by atoms with Crippen LogP contribution in [-0.4, -0.2) is 34.8 Å². The van der Waals surface area contributed by atoms with E-state index in [1.54, 1.807) is 6.07 Å². The normalized spacial score (nSPS) is 10.9. The van der Waals surface area contributed by atoms with Crippen LogP contribution in [0.3, 0.4) is 0 Å². The lowest BCUT2D eigenvalue weighted by molar-refractivity contribution is -0.129. The number of aromatic nitrogens is 1. The molecule has 7 heteroatoms. The summed E-state index contributed by atoms with van der Waals surface area (Å²) in [7, 11) is 0. The van der Waals surface area contributed by atoms with Gasteiger partial charge in [0.05, 0.1) is 0 Å². The number of hydrogen-bond acceptors (Lipinski definition) is 5. The minimum atomic E-state index is -1.24. The Morgan fingerprint density at radius 1 is 1.58 bits per heavy atom. The number of nitrogens with one attached hydrogen (secondary N) is 1. The molecule has 7 nitrogen and oxygen atoms in total. The van der Waals surface area contributed by atoms with Gasteiger partial charge >= 0.3 is 5.97 Å². The fourth-order valence-electron chi connectivity index (χ4n) is 1.22. The summed E-state index contributed by atoms with van der Waals surface area (Å²) in [4.78, 5) is 30.3. The number of amides is 1. The minimum Gasteiger partial charge on any atom is -0.476 e. The predicted molar refractivity (Wildman–Crippen MR) is 69.0 cm³/mol. The van der Waals surface area contributed by atoms with Crippen LogP contribution < -0.4 is 5.32 Å². The molecule has 0 saturated carbocycles. The number of carboxylic acids is 1. The molecule has 0 unspecified atom stereocenters. The molecular formula is C12H15N3O4. The van der Waals surface area contributed by atoms with Gasteiger partial charge in [-0.15, -0.1) is 0 Å². The van der Waals surface area contributed by atoms with Crippen molar-refractivity contribution in [2.45, 2.75) is 19.8 Å². The molecule has 1 aromatic heterocycles. The molecule has 0 aliphatic heterocycles. The maximum atomic E-state index is 11.1. The van der Waals surface area contributed by atoms with Gasteiger partial charge in [0.15, 0.2) is 0 Å². The molecule has 0 spiro atoms. The van der Waals surface area contributed by atoms with E-state index in [-0.39, 0.29) is 17.2 Å². The van der Waals surface area contributed by atoms with Crippen LogP contribution in [0.15, 0.2) is 23.4 Å². The first-order valence-electron chi connectivity index (χ1n) is 5.80. The highest BCUT2D eigenvalue weighted by atomic mass is 16.6. The molecule has 1 aromatic rings. The summed E-state index contributed by atoms with van der Waals surface area (Å²) in [5.41, 5.74) is -0.179. The number of carboxylic acid groups (broad SMARTS) is 1. The van der Waals surface area contributed by atoms with Crippen LogP contribution in [0.25, 0.3) is 0 Å². The first-order chi connectivity index (χ1) is 9.19. The molecule has 1 rings (SSSR count). The number of pyridine rings is 1. The number of aliphatic carboxylic acids is 1. The highest BCUT2D eigenvalue weighted by Gasteiger charge is 2.15. The van der Waals surface area contributed by atoms with Gasteiger partial charge in [0.2, 0.25) is 12.1 Å². The lowest BCUT2D eigenvalue weighted by Crippen LogP contribution is -2.17. The molecule has 0 saturated heterocycles. The lowest BCUT2D eigenvalue weighted by Gasteiger charge is -2.04. The van der Waals surface area contributed by atoms with Gasteiger partial charge in [-0.2, -0.15) is 0 Å². The zero-order valence-electron chi connectivity index (χ0n) is 10.5. The monoisotopic (exact) mass is 265 g/mol. The van der Waals surface area contributed by atoms with Crippen molar-refractivity contribution in [2.24, 2.45) is 5.16 Å². The molecule has 2 N–H and O–H groups in total. The van der Waals surface area contributed by atoms with E-state index in [1.807, 2.05) is 6.92 Å².